The van der Waals surface area contributed by atoms with Gasteiger partial charge in [0.05, 0.1) is 0 Å². The van der Waals surface area contributed by atoms with E-state index in [0.29, 0.717) is 25.1 Å². The van der Waals surface area contributed by atoms with E-state index in [1.807, 2.05) is 30.3 Å². The summed E-state index contributed by atoms with van der Waals surface area (Å²) < 4.78 is 5.18. The highest BCUT2D eigenvalue weighted by atomic mass is 32.2. The quantitative estimate of drug-likeness (QED) is 0.633. The Hall–Kier alpha value is -2.55. The molecule has 1 aromatic carbocycles. The van der Waals surface area contributed by atoms with Gasteiger partial charge in [0.2, 0.25) is 11.8 Å². The molecule has 0 bridgehead atoms. The fourth-order valence-corrected chi connectivity index (χ4v) is 5.36. The summed E-state index contributed by atoms with van der Waals surface area (Å²) in [6, 6.07) is 8.20. The predicted molar refractivity (Wildman–Crippen MR) is 108 cm³/mol. The number of carbonyl (C=O) groups is 4. The minimum absolute atomic E-state index is 0.0879. The molecule has 2 N–H and O–H groups in total. The van der Waals surface area contributed by atoms with E-state index in [4.69, 9.17) is 4.74 Å². The lowest BCUT2D eigenvalue weighted by Crippen LogP contribution is -2.48. The van der Waals surface area contributed by atoms with Gasteiger partial charge in [-0.15, -0.1) is 11.8 Å². The second-order valence-electron chi connectivity index (χ2n) is 7.03. The molecule has 2 fully saturated rings. The van der Waals surface area contributed by atoms with Crippen LogP contribution in [0.1, 0.15) is 32.3 Å². The van der Waals surface area contributed by atoms with Crippen LogP contribution >= 0.6 is 11.8 Å². The van der Waals surface area contributed by atoms with Crippen LogP contribution in [0.5, 0.6) is 0 Å². The van der Waals surface area contributed by atoms with Gasteiger partial charge in [0, 0.05) is 18.7 Å². The third-order valence-corrected chi connectivity index (χ3v) is 6.69. The fraction of sp³-hybridized carbons (Fsp3) is 0.500. The standard InChI is InChI=1S/C20H25N3O5S/c1-3-21-18(26)13(2)22-16(24)11-28-19(27)15-12-29-20(10-9-17(25)23(15)20)14-7-5-4-6-8-14/h4-8,13,15H,3,9-12H2,1-2H3,(H,21,26)(H,22,24)/t13-,15-,20+/m0/s1. The van der Waals surface area contributed by atoms with Crippen LogP contribution in [-0.4, -0.2) is 59.6 Å². The molecule has 156 valence electrons. The van der Waals surface area contributed by atoms with E-state index in [2.05, 4.69) is 10.6 Å². The van der Waals surface area contributed by atoms with Crippen LogP contribution in [0.3, 0.4) is 0 Å². The van der Waals surface area contributed by atoms with Crippen molar-refractivity contribution >= 4 is 35.5 Å². The Kier molecular flexibility index (Phi) is 6.46. The van der Waals surface area contributed by atoms with Crippen LogP contribution in [0.15, 0.2) is 30.3 Å². The van der Waals surface area contributed by atoms with Gasteiger partial charge < -0.3 is 20.3 Å². The summed E-state index contributed by atoms with van der Waals surface area (Å²) in [6.45, 7) is 3.29. The Bertz CT molecular complexity index is 803. The van der Waals surface area contributed by atoms with Gasteiger partial charge in [-0.1, -0.05) is 30.3 Å². The number of likely N-dealkylation sites (N-methyl/N-ethyl adjacent to an activating group) is 1. The molecule has 0 unspecified atom stereocenters. The Labute approximate surface area is 173 Å². The zero-order valence-corrected chi connectivity index (χ0v) is 17.3. The lowest BCUT2D eigenvalue weighted by Gasteiger charge is -2.33. The molecule has 8 nitrogen and oxygen atoms in total. The molecule has 2 aliphatic heterocycles. The monoisotopic (exact) mass is 419 g/mol. The van der Waals surface area contributed by atoms with Crippen molar-refractivity contribution in [1.82, 2.24) is 15.5 Å². The summed E-state index contributed by atoms with van der Waals surface area (Å²) in [7, 11) is 0. The lowest BCUT2D eigenvalue weighted by atomic mass is 10.0. The second-order valence-corrected chi connectivity index (χ2v) is 8.33. The average molecular weight is 420 g/mol. The largest absolute Gasteiger partial charge is 0.454 e. The van der Waals surface area contributed by atoms with Crippen molar-refractivity contribution < 1.29 is 23.9 Å². The maximum absolute atomic E-state index is 12.6. The Balaban J connectivity index is 1.61. The van der Waals surface area contributed by atoms with E-state index in [1.54, 1.807) is 30.5 Å². The molecule has 0 spiro atoms. The number of esters is 1. The number of benzene rings is 1. The van der Waals surface area contributed by atoms with Crippen LogP contribution in [0.2, 0.25) is 0 Å². The fourth-order valence-electron chi connectivity index (χ4n) is 3.72. The molecule has 29 heavy (non-hydrogen) atoms. The lowest BCUT2D eigenvalue weighted by molar-refractivity contribution is -0.156. The van der Waals surface area contributed by atoms with Gasteiger partial charge in [-0.05, 0) is 25.8 Å². The Morgan fingerprint density at radius 1 is 1.31 bits per heavy atom. The van der Waals surface area contributed by atoms with Crippen molar-refractivity contribution in [3.05, 3.63) is 35.9 Å². The molecule has 0 radical (unpaired) electrons. The van der Waals surface area contributed by atoms with Gasteiger partial charge in [-0.3, -0.25) is 14.4 Å². The smallest absolute Gasteiger partial charge is 0.330 e. The molecule has 1 aromatic rings. The van der Waals surface area contributed by atoms with E-state index < -0.39 is 35.4 Å². The molecule has 9 heteroatoms. The molecule has 0 saturated carbocycles. The summed E-state index contributed by atoms with van der Waals surface area (Å²) in [6.07, 6.45) is 1.01. The van der Waals surface area contributed by atoms with Crippen molar-refractivity contribution in [1.29, 1.82) is 0 Å². The highest BCUT2D eigenvalue weighted by molar-refractivity contribution is 8.00. The number of fused-ring (bicyclic) bond motifs is 1. The predicted octanol–water partition coefficient (Wildman–Crippen LogP) is 0.761. The van der Waals surface area contributed by atoms with Crippen LogP contribution < -0.4 is 10.6 Å². The molecule has 3 rings (SSSR count). The molecule has 0 aliphatic carbocycles. The average Bonchev–Trinajstić information content (AvgIpc) is 3.26. The van der Waals surface area contributed by atoms with E-state index in [-0.39, 0.29) is 11.8 Å². The van der Waals surface area contributed by atoms with Crippen molar-refractivity contribution in [2.24, 2.45) is 0 Å². The third-order valence-electron chi connectivity index (χ3n) is 5.09. The number of hydrogen-bond acceptors (Lipinski definition) is 6. The molecule has 2 saturated heterocycles. The maximum atomic E-state index is 12.6. The first-order valence-electron chi connectivity index (χ1n) is 9.64. The van der Waals surface area contributed by atoms with E-state index in [1.165, 1.54) is 0 Å². The van der Waals surface area contributed by atoms with Gasteiger partial charge >= 0.3 is 5.97 Å². The maximum Gasteiger partial charge on any atom is 0.330 e. The minimum Gasteiger partial charge on any atom is -0.454 e. The first kappa shape index (κ1) is 21.2. The molecule has 3 amide bonds. The first-order chi connectivity index (χ1) is 13.9. The summed E-state index contributed by atoms with van der Waals surface area (Å²) in [4.78, 5) is 49.9. The summed E-state index contributed by atoms with van der Waals surface area (Å²) in [5.74, 6) is -1.16. The SMILES string of the molecule is CCNC(=O)[C@H](C)NC(=O)COC(=O)[C@@H]1CS[C@@]2(c3ccccc3)CCC(=O)N12. The number of carbonyl (C=O) groups excluding carboxylic acids is 4. The van der Waals surface area contributed by atoms with Crippen LogP contribution in [0.25, 0.3) is 0 Å². The summed E-state index contributed by atoms with van der Waals surface area (Å²) in [5.41, 5.74) is 0.986. The van der Waals surface area contributed by atoms with Crippen molar-refractivity contribution in [2.45, 2.75) is 43.6 Å². The van der Waals surface area contributed by atoms with E-state index >= 15 is 0 Å². The number of rotatable bonds is 7. The van der Waals surface area contributed by atoms with Gasteiger partial charge in [0.25, 0.3) is 5.91 Å². The normalized spacial score (nSPS) is 24.0. The Morgan fingerprint density at radius 3 is 2.72 bits per heavy atom. The number of nitrogens with one attached hydrogen (secondary N) is 2. The molecular formula is C20H25N3O5S. The van der Waals surface area contributed by atoms with Crippen molar-refractivity contribution in [3.63, 3.8) is 0 Å². The number of amides is 3. The number of nitrogens with zero attached hydrogens (tertiary/aromatic N) is 1. The molecular weight excluding hydrogens is 394 g/mol. The first-order valence-corrected chi connectivity index (χ1v) is 10.6. The number of hydrogen-bond donors (Lipinski definition) is 2. The van der Waals surface area contributed by atoms with Gasteiger partial charge in [0.1, 0.15) is 17.0 Å². The van der Waals surface area contributed by atoms with E-state index in [9.17, 15) is 19.2 Å². The van der Waals surface area contributed by atoms with Crippen molar-refractivity contribution in [3.8, 4) is 0 Å². The summed E-state index contributed by atoms with van der Waals surface area (Å²) >= 11 is 1.56. The number of ether oxygens (including phenoxy) is 1. The Morgan fingerprint density at radius 2 is 2.03 bits per heavy atom. The highest BCUT2D eigenvalue weighted by Crippen LogP contribution is 2.54. The van der Waals surface area contributed by atoms with Crippen LogP contribution in [-0.2, 0) is 28.8 Å². The molecule has 2 aliphatic rings. The molecule has 0 aromatic heterocycles. The van der Waals surface area contributed by atoms with E-state index in [0.717, 1.165) is 5.56 Å². The molecule has 3 atom stereocenters. The van der Waals surface area contributed by atoms with Crippen LogP contribution in [0.4, 0.5) is 0 Å². The topological polar surface area (TPSA) is 105 Å². The minimum atomic E-state index is -0.733. The van der Waals surface area contributed by atoms with Gasteiger partial charge in [-0.25, -0.2) is 4.79 Å². The highest BCUT2D eigenvalue weighted by Gasteiger charge is 2.57. The summed E-state index contributed by atoms with van der Waals surface area (Å²) in [5, 5.41) is 5.09. The van der Waals surface area contributed by atoms with Crippen molar-refractivity contribution in [2.75, 3.05) is 18.9 Å². The molecule has 2 heterocycles. The van der Waals surface area contributed by atoms with Gasteiger partial charge in [-0.2, -0.15) is 0 Å². The second kappa shape index (κ2) is 8.86. The zero-order valence-electron chi connectivity index (χ0n) is 16.5. The third kappa shape index (κ3) is 4.24. The van der Waals surface area contributed by atoms with Crippen LogP contribution in [0, 0.1) is 0 Å². The number of thioether (sulfide) groups is 1. The zero-order chi connectivity index (χ0) is 21.0. The van der Waals surface area contributed by atoms with Gasteiger partial charge in [0.15, 0.2) is 6.61 Å².